The van der Waals surface area contributed by atoms with Crippen LogP contribution in [0.15, 0.2) is 0 Å². The van der Waals surface area contributed by atoms with Gasteiger partial charge >= 0.3 is 0 Å². The number of methoxy groups -OCH3 is 1. The molecule has 2 unspecified atom stereocenters. The summed E-state index contributed by atoms with van der Waals surface area (Å²) >= 11 is 0. The summed E-state index contributed by atoms with van der Waals surface area (Å²) in [6.45, 7) is 1.71. The Morgan fingerprint density at radius 3 is 2.64 bits per heavy atom. The predicted molar refractivity (Wildman–Crippen MR) is 38.0 cm³/mol. The average Bonchev–Trinajstić information content (AvgIpc) is 1.96. The molecule has 4 nitrogen and oxygen atoms in total. The van der Waals surface area contributed by atoms with Gasteiger partial charge in [0.25, 0.3) is 0 Å². The van der Waals surface area contributed by atoms with Crippen LogP contribution in [0, 0.1) is 0 Å². The summed E-state index contributed by atoms with van der Waals surface area (Å²) in [6.07, 6.45) is -1.78. The third kappa shape index (κ3) is 1.90. The van der Waals surface area contributed by atoms with Gasteiger partial charge in [0.1, 0.15) is 6.10 Å². The Morgan fingerprint density at radius 1 is 1.45 bits per heavy atom. The second-order valence-corrected chi connectivity index (χ2v) is 2.80. The number of hydrogen-bond acceptors (Lipinski definition) is 4. The molecule has 1 rings (SSSR count). The Hall–Kier alpha value is -0.160. The van der Waals surface area contributed by atoms with Gasteiger partial charge in [-0.2, -0.15) is 0 Å². The second kappa shape index (κ2) is 3.49. The Kier molecular flexibility index (Phi) is 2.84. The molecule has 0 aliphatic carbocycles. The van der Waals surface area contributed by atoms with Crippen LogP contribution in [0.4, 0.5) is 0 Å². The minimum Gasteiger partial charge on any atom is -0.388 e. The monoisotopic (exact) mass is 162 g/mol. The molecular weight excluding hydrogens is 148 g/mol. The van der Waals surface area contributed by atoms with Crippen LogP contribution in [0.3, 0.4) is 0 Å². The zero-order valence-electron chi connectivity index (χ0n) is 6.73. The molecule has 1 saturated heterocycles. The fraction of sp³-hybridized carbons (Fsp3) is 1.00. The highest BCUT2D eigenvalue weighted by Gasteiger charge is 2.34. The van der Waals surface area contributed by atoms with Crippen LogP contribution in [-0.2, 0) is 9.47 Å². The Balaban J connectivity index is 2.51. The van der Waals surface area contributed by atoms with E-state index < -0.39 is 12.4 Å². The normalized spacial score (nSPS) is 45.8. The highest BCUT2D eigenvalue weighted by molar-refractivity contribution is 4.80. The molecule has 0 aromatic rings. The van der Waals surface area contributed by atoms with Crippen LogP contribution >= 0.6 is 0 Å². The third-order valence-corrected chi connectivity index (χ3v) is 1.97. The molecule has 0 spiro atoms. The Morgan fingerprint density at radius 2 is 2.09 bits per heavy atom. The van der Waals surface area contributed by atoms with Gasteiger partial charge in [-0.3, -0.25) is 0 Å². The summed E-state index contributed by atoms with van der Waals surface area (Å²) in [5.41, 5.74) is 0. The van der Waals surface area contributed by atoms with Gasteiger partial charge in [-0.05, 0) is 6.92 Å². The summed E-state index contributed by atoms with van der Waals surface area (Å²) in [4.78, 5) is 0. The highest BCUT2D eigenvalue weighted by Crippen LogP contribution is 2.20. The fourth-order valence-electron chi connectivity index (χ4n) is 1.26. The number of aliphatic hydroxyl groups excluding tert-OH is 2. The number of aliphatic hydroxyl groups is 2. The number of rotatable bonds is 1. The van der Waals surface area contributed by atoms with Gasteiger partial charge in [0.15, 0.2) is 6.29 Å². The van der Waals surface area contributed by atoms with E-state index in [9.17, 15) is 5.11 Å². The highest BCUT2D eigenvalue weighted by atomic mass is 16.6. The van der Waals surface area contributed by atoms with Crippen molar-refractivity contribution in [2.24, 2.45) is 0 Å². The lowest BCUT2D eigenvalue weighted by Crippen LogP contribution is -2.47. The first kappa shape index (κ1) is 8.93. The Labute approximate surface area is 65.7 Å². The van der Waals surface area contributed by atoms with Crippen molar-refractivity contribution in [3.8, 4) is 0 Å². The second-order valence-electron chi connectivity index (χ2n) is 2.80. The van der Waals surface area contributed by atoms with Gasteiger partial charge in [-0.1, -0.05) is 0 Å². The molecule has 66 valence electrons. The molecule has 0 bridgehead atoms. The molecule has 0 amide bonds. The molecule has 4 heteroatoms. The smallest absolute Gasteiger partial charge is 0.157 e. The molecule has 11 heavy (non-hydrogen) atoms. The maximum atomic E-state index is 9.39. The molecule has 0 aromatic carbocycles. The predicted octanol–water partition coefficient (Wildman–Crippen LogP) is -0.510. The average molecular weight is 162 g/mol. The summed E-state index contributed by atoms with van der Waals surface area (Å²) in [5.74, 6) is 0. The van der Waals surface area contributed by atoms with Crippen LogP contribution in [0.25, 0.3) is 0 Å². The lowest BCUT2D eigenvalue weighted by molar-refractivity contribution is -0.231. The topological polar surface area (TPSA) is 58.9 Å². The van der Waals surface area contributed by atoms with Crippen molar-refractivity contribution in [2.75, 3.05) is 7.11 Å². The Bertz CT molecular complexity index is 128. The van der Waals surface area contributed by atoms with Crippen molar-refractivity contribution >= 4 is 0 Å². The molecule has 1 heterocycles. The fourth-order valence-corrected chi connectivity index (χ4v) is 1.26. The molecule has 0 aromatic heterocycles. The lowest BCUT2D eigenvalue weighted by Gasteiger charge is -2.34. The third-order valence-electron chi connectivity index (χ3n) is 1.97. The van der Waals surface area contributed by atoms with Gasteiger partial charge in [0, 0.05) is 13.5 Å². The van der Waals surface area contributed by atoms with Crippen LogP contribution in [0.5, 0.6) is 0 Å². The molecule has 1 fully saturated rings. The lowest BCUT2D eigenvalue weighted by atomic mass is 10.0. The van der Waals surface area contributed by atoms with E-state index in [1.54, 1.807) is 6.92 Å². The van der Waals surface area contributed by atoms with Gasteiger partial charge < -0.3 is 19.7 Å². The minimum absolute atomic E-state index is 0.311. The molecule has 2 N–H and O–H groups in total. The van der Waals surface area contributed by atoms with E-state index in [0.717, 1.165) is 0 Å². The van der Waals surface area contributed by atoms with Crippen LogP contribution in [0.2, 0.25) is 0 Å². The van der Waals surface area contributed by atoms with Gasteiger partial charge in [0.05, 0.1) is 12.2 Å². The van der Waals surface area contributed by atoms with E-state index in [0.29, 0.717) is 6.42 Å². The van der Waals surface area contributed by atoms with E-state index in [-0.39, 0.29) is 12.2 Å². The van der Waals surface area contributed by atoms with Crippen molar-refractivity contribution in [1.82, 2.24) is 0 Å². The first-order chi connectivity index (χ1) is 5.15. The summed E-state index contributed by atoms with van der Waals surface area (Å²) in [6, 6.07) is 0. The standard InChI is InChI=1S/C7H14O4/c1-4-7(9)5(10-2)3-6(8)11-4/h4-9H,3H2,1-2H3/t4?,5-,6?,7+/m1/s1. The van der Waals surface area contributed by atoms with Crippen molar-refractivity contribution in [1.29, 1.82) is 0 Å². The molecule has 4 atom stereocenters. The maximum Gasteiger partial charge on any atom is 0.157 e. The molecule has 1 aliphatic heterocycles. The maximum absolute atomic E-state index is 9.39. The van der Waals surface area contributed by atoms with E-state index in [4.69, 9.17) is 14.6 Å². The minimum atomic E-state index is -0.807. The summed E-state index contributed by atoms with van der Waals surface area (Å²) < 4.78 is 9.91. The summed E-state index contributed by atoms with van der Waals surface area (Å²) in [7, 11) is 1.51. The van der Waals surface area contributed by atoms with E-state index in [2.05, 4.69) is 0 Å². The van der Waals surface area contributed by atoms with Crippen LogP contribution in [0.1, 0.15) is 13.3 Å². The van der Waals surface area contributed by atoms with E-state index >= 15 is 0 Å². The van der Waals surface area contributed by atoms with Crippen molar-refractivity contribution in [3.05, 3.63) is 0 Å². The zero-order chi connectivity index (χ0) is 8.43. The summed E-state index contributed by atoms with van der Waals surface area (Å²) in [5, 5.41) is 18.5. The van der Waals surface area contributed by atoms with Crippen LogP contribution in [-0.4, -0.2) is 41.9 Å². The van der Waals surface area contributed by atoms with Crippen molar-refractivity contribution < 1.29 is 19.7 Å². The van der Waals surface area contributed by atoms with E-state index in [1.807, 2.05) is 0 Å². The van der Waals surface area contributed by atoms with Crippen molar-refractivity contribution in [3.63, 3.8) is 0 Å². The van der Waals surface area contributed by atoms with Gasteiger partial charge in [0.2, 0.25) is 0 Å². The largest absolute Gasteiger partial charge is 0.388 e. The first-order valence-corrected chi connectivity index (χ1v) is 3.69. The molecule has 1 aliphatic rings. The van der Waals surface area contributed by atoms with E-state index in [1.165, 1.54) is 7.11 Å². The SMILES string of the molecule is CO[C@@H]1CC(O)OC(C)[C@@H]1O. The van der Waals surface area contributed by atoms with Crippen molar-refractivity contribution in [2.45, 2.75) is 37.9 Å². The quantitative estimate of drug-likeness (QED) is 0.545. The molecule has 0 radical (unpaired) electrons. The molecule has 0 saturated carbocycles. The molecular formula is C7H14O4. The van der Waals surface area contributed by atoms with Gasteiger partial charge in [-0.25, -0.2) is 0 Å². The first-order valence-electron chi connectivity index (χ1n) is 3.69. The zero-order valence-corrected chi connectivity index (χ0v) is 6.73. The van der Waals surface area contributed by atoms with Gasteiger partial charge in [-0.15, -0.1) is 0 Å². The number of hydrogen-bond donors (Lipinski definition) is 2. The van der Waals surface area contributed by atoms with Crippen LogP contribution < -0.4 is 0 Å². The number of ether oxygens (including phenoxy) is 2.